The fraction of sp³-hybridized carbons (Fsp3) is 0.217. The average molecular weight is 391 g/mol. The van der Waals surface area contributed by atoms with Crippen LogP contribution in [0.5, 0.6) is 5.88 Å². The van der Waals surface area contributed by atoms with Crippen LogP contribution in [0.1, 0.15) is 18.4 Å². The Kier molecular flexibility index (Phi) is 4.46. The molecular weight excluding hydrogens is 372 g/mol. The molecule has 0 radical (unpaired) electrons. The molecule has 2 aromatic heterocycles. The molecule has 29 heavy (non-hydrogen) atoms. The molecule has 0 bridgehead atoms. The Bertz CT molecular complexity index is 1170. The van der Waals surface area contributed by atoms with E-state index in [0.29, 0.717) is 41.9 Å². The fourth-order valence-electron chi connectivity index (χ4n) is 3.42. The minimum absolute atomic E-state index is 0.00734. The van der Waals surface area contributed by atoms with E-state index in [4.69, 9.17) is 4.74 Å². The number of halogens is 2. The minimum atomic E-state index is -0.945. The molecule has 0 spiro atoms. The van der Waals surface area contributed by atoms with Gasteiger partial charge in [0.2, 0.25) is 5.88 Å². The summed E-state index contributed by atoms with van der Waals surface area (Å²) in [5.41, 5.74) is 2.23. The first-order chi connectivity index (χ1) is 14.2. The smallest absolute Gasteiger partial charge is 0.224 e. The SMILES string of the molecule is Fc1ccc2c(nc(-c3cccnc3OCC3CC3)n2Cc2ccccc2)c1F. The Labute approximate surface area is 166 Å². The van der Waals surface area contributed by atoms with Crippen molar-refractivity contribution in [1.82, 2.24) is 14.5 Å². The van der Waals surface area contributed by atoms with E-state index >= 15 is 0 Å². The maximum absolute atomic E-state index is 14.5. The second-order valence-electron chi connectivity index (χ2n) is 7.35. The third-order valence-corrected chi connectivity index (χ3v) is 5.16. The summed E-state index contributed by atoms with van der Waals surface area (Å²) in [4.78, 5) is 8.84. The molecule has 0 atom stereocenters. The average Bonchev–Trinajstić information content (AvgIpc) is 3.51. The maximum atomic E-state index is 14.5. The zero-order valence-corrected chi connectivity index (χ0v) is 15.7. The lowest BCUT2D eigenvalue weighted by atomic mass is 10.2. The molecule has 1 aliphatic carbocycles. The van der Waals surface area contributed by atoms with E-state index in [1.54, 1.807) is 18.3 Å². The molecule has 1 saturated carbocycles. The molecule has 1 fully saturated rings. The van der Waals surface area contributed by atoms with Crippen LogP contribution in [0, 0.1) is 17.6 Å². The highest BCUT2D eigenvalue weighted by Crippen LogP contribution is 2.34. The topological polar surface area (TPSA) is 39.9 Å². The van der Waals surface area contributed by atoms with Crippen LogP contribution in [-0.2, 0) is 6.54 Å². The molecule has 2 aromatic carbocycles. The second-order valence-corrected chi connectivity index (χ2v) is 7.35. The van der Waals surface area contributed by atoms with Crippen LogP contribution < -0.4 is 4.74 Å². The molecule has 4 nitrogen and oxygen atoms in total. The summed E-state index contributed by atoms with van der Waals surface area (Å²) in [5.74, 6) is -0.318. The summed E-state index contributed by atoms with van der Waals surface area (Å²) in [5, 5.41) is 0. The summed E-state index contributed by atoms with van der Waals surface area (Å²) < 4.78 is 36.2. The van der Waals surface area contributed by atoms with Crippen molar-refractivity contribution in [1.29, 1.82) is 0 Å². The second kappa shape index (κ2) is 7.28. The number of hydrogen-bond acceptors (Lipinski definition) is 3. The van der Waals surface area contributed by atoms with Crippen LogP contribution >= 0.6 is 0 Å². The summed E-state index contributed by atoms with van der Waals surface area (Å²) >= 11 is 0. The summed E-state index contributed by atoms with van der Waals surface area (Å²) in [6.07, 6.45) is 3.99. The summed E-state index contributed by atoms with van der Waals surface area (Å²) in [7, 11) is 0. The van der Waals surface area contributed by atoms with Crippen LogP contribution in [0.2, 0.25) is 0 Å². The van der Waals surface area contributed by atoms with Crippen LogP contribution in [0.25, 0.3) is 22.4 Å². The van der Waals surface area contributed by atoms with Gasteiger partial charge in [0.1, 0.15) is 11.3 Å². The standard InChI is InChI=1S/C23H19F2N3O/c24-18-10-11-19-21(20(18)25)27-22(28(19)13-15-5-2-1-3-6-15)17-7-4-12-26-23(17)29-14-16-8-9-16/h1-7,10-12,16H,8-9,13-14H2. The quantitative estimate of drug-likeness (QED) is 0.453. The fourth-order valence-corrected chi connectivity index (χ4v) is 3.42. The van der Waals surface area contributed by atoms with Crippen molar-refractivity contribution in [2.45, 2.75) is 19.4 Å². The van der Waals surface area contributed by atoms with Crippen LogP contribution in [0.3, 0.4) is 0 Å². The minimum Gasteiger partial charge on any atom is -0.477 e. The predicted octanol–water partition coefficient (Wildman–Crippen LogP) is 5.21. The number of benzene rings is 2. The van der Waals surface area contributed by atoms with E-state index in [0.717, 1.165) is 11.6 Å². The van der Waals surface area contributed by atoms with Crippen molar-refractivity contribution >= 4 is 11.0 Å². The van der Waals surface area contributed by atoms with Gasteiger partial charge in [0.05, 0.1) is 17.7 Å². The Morgan fingerprint density at radius 2 is 1.83 bits per heavy atom. The van der Waals surface area contributed by atoms with Crippen molar-refractivity contribution in [2.24, 2.45) is 5.92 Å². The lowest BCUT2D eigenvalue weighted by Crippen LogP contribution is -2.06. The predicted molar refractivity (Wildman–Crippen MR) is 107 cm³/mol. The van der Waals surface area contributed by atoms with Gasteiger partial charge in [0.25, 0.3) is 0 Å². The van der Waals surface area contributed by atoms with E-state index < -0.39 is 11.6 Å². The normalized spacial score (nSPS) is 13.7. The van der Waals surface area contributed by atoms with Gasteiger partial charge in [0, 0.05) is 12.7 Å². The first kappa shape index (κ1) is 17.8. The number of rotatable bonds is 6. The molecule has 6 heteroatoms. The molecule has 0 aliphatic heterocycles. The molecule has 0 unspecified atom stereocenters. The number of aromatic nitrogens is 3. The molecule has 1 aliphatic rings. The highest BCUT2D eigenvalue weighted by Gasteiger charge is 2.24. The van der Waals surface area contributed by atoms with E-state index in [9.17, 15) is 8.78 Å². The summed E-state index contributed by atoms with van der Waals surface area (Å²) in [6, 6.07) is 16.2. The zero-order chi connectivity index (χ0) is 19.8. The third-order valence-electron chi connectivity index (χ3n) is 5.16. The van der Waals surface area contributed by atoms with Gasteiger partial charge in [-0.25, -0.2) is 18.7 Å². The molecule has 146 valence electrons. The summed E-state index contributed by atoms with van der Waals surface area (Å²) in [6.45, 7) is 1.07. The van der Waals surface area contributed by atoms with Gasteiger partial charge in [-0.2, -0.15) is 0 Å². The van der Waals surface area contributed by atoms with Crippen LogP contribution in [-0.4, -0.2) is 21.1 Å². The van der Waals surface area contributed by atoms with Gasteiger partial charge in [-0.05, 0) is 48.6 Å². The lowest BCUT2D eigenvalue weighted by Gasteiger charge is -2.13. The first-order valence-electron chi connectivity index (χ1n) is 9.67. The Balaban J connectivity index is 1.66. The van der Waals surface area contributed by atoms with Gasteiger partial charge >= 0.3 is 0 Å². The molecule has 0 amide bonds. The van der Waals surface area contributed by atoms with Crippen molar-refractivity contribution in [3.8, 4) is 17.3 Å². The molecule has 2 heterocycles. The third kappa shape index (κ3) is 3.46. The van der Waals surface area contributed by atoms with Crippen LogP contribution in [0.4, 0.5) is 8.78 Å². The maximum Gasteiger partial charge on any atom is 0.224 e. The van der Waals surface area contributed by atoms with E-state index in [1.807, 2.05) is 41.0 Å². The monoisotopic (exact) mass is 391 g/mol. The highest BCUT2D eigenvalue weighted by atomic mass is 19.2. The van der Waals surface area contributed by atoms with E-state index in [-0.39, 0.29) is 5.52 Å². The van der Waals surface area contributed by atoms with Gasteiger partial charge < -0.3 is 9.30 Å². The van der Waals surface area contributed by atoms with Crippen LogP contribution in [0.15, 0.2) is 60.8 Å². The van der Waals surface area contributed by atoms with Crippen molar-refractivity contribution in [3.05, 3.63) is 78.0 Å². The molecule has 5 rings (SSSR count). The van der Waals surface area contributed by atoms with Gasteiger partial charge in [0.15, 0.2) is 11.6 Å². The zero-order valence-electron chi connectivity index (χ0n) is 15.7. The van der Waals surface area contributed by atoms with Gasteiger partial charge in [-0.1, -0.05) is 30.3 Å². The van der Waals surface area contributed by atoms with Crippen molar-refractivity contribution < 1.29 is 13.5 Å². The Hall–Kier alpha value is -3.28. The number of nitrogens with zero attached hydrogens (tertiary/aromatic N) is 3. The lowest BCUT2D eigenvalue weighted by molar-refractivity contribution is 0.289. The van der Waals surface area contributed by atoms with E-state index in [1.165, 1.54) is 12.8 Å². The van der Waals surface area contributed by atoms with E-state index in [2.05, 4.69) is 9.97 Å². The van der Waals surface area contributed by atoms with Gasteiger partial charge in [-0.3, -0.25) is 0 Å². The Morgan fingerprint density at radius 3 is 2.62 bits per heavy atom. The molecule has 0 saturated heterocycles. The Morgan fingerprint density at radius 1 is 1.00 bits per heavy atom. The van der Waals surface area contributed by atoms with Crippen molar-refractivity contribution in [3.63, 3.8) is 0 Å². The highest BCUT2D eigenvalue weighted by molar-refractivity contribution is 5.82. The number of imidazole rings is 1. The molecule has 0 N–H and O–H groups in total. The number of hydrogen-bond donors (Lipinski definition) is 0. The molecule has 4 aromatic rings. The number of pyridine rings is 1. The van der Waals surface area contributed by atoms with Crippen molar-refractivity contribution in [2.75, 3.05) is 6.61 Å². The largest absolute Gasteiger partial charge is 0.477 e. The number of ether oxygens (including phenoxy) is 1. The van der Waals surface area contributed by atoms with Gasteiger partial charge in [-0.15, -0.1) is 0 Å². The first-order valence-corrected chi connectivity index (χ1v) is 9.67. The number of fused-ring (bicyclic) bond motifs is 1. The molecular formula is C23H19F2N3O.